The van der Waals surface area contributed by atoms with E-state index in [-0.39, 0.29) is 0 Å². The van der Waals surface area contributed by atoms with Gasteiger partial charge >= 0.3 is 0 Å². The molecule has 0 bridgehead atoms. The van der Waals surface area contributed by atoms with Crippen molar-refractivity contribution in [3.8, 4) is 0 Å². The molecule has 0 spiro atoms. The Morgan fingerprint density at radius 3 is 2.63 bits per heavy atom. The molecule has 0 radical (unpaired) electrons. The topological polar surface area (TPSA) is 27.3 Å². The number of thiocarbonyl (C=S) groups is 1. The Kier molecular flexibility index (Phi) is 5.28. The highest BCUT2D eigenvalue weighted by Crippen LogP contribution is 2.25. The molecule has 1 aromatic rings. The molecular weight excluding hydrogens is 301 g/mol. The number of nitrogens with one attached hydrogen (secondary N) is 2. The Balaban J connectivity index is 1.87. The van der Waals surface area contributed by atoms with Crippen LogP contribution in [0.25, 0.3) is 0 Å². The van der Waals surface area contributed by atoms with Gasteiger partial charge in [0.05, 0.1) is 10.7 Å². The van der Waals surface area contributed by atoms with Gasteiger partial charge in [0.1, 0.15) is 0 Å². The predicted molar refractivity (Wildman–Crippen MR) is 86.3 cm³/mol. The van der Waals surface area contributed by atoms with Crippen molar-refractivity contribution < 1.29 is 0 Å². The lowest BCUT2D eigenvalue weighted by molar-refractivity contribution is 0.247. The lowest BCUT2D eigenvalue weighted by Crippen LogP contribution is -2.44. The fraction of sp³-hybridized carbons (Fsp3) is 0.462. The molecule has 1 heterocycles. The number of anilines is 1. The van der Waals surface area contributed by atoms with Crippen LogP contribution in [-0.4, -0.2) is 36.2 Å². The molecule has 104 valence electrons. The van der Waals surface area contributed by atoms with E-state index in [1.807, 2.05) is 6.07 Å². The number of nitrogens with zero attached hydrogens (tertiary/aromatic N) is 1. The van der Waals surface area contributed by atoms with E-state index < -0.39 is 0 Å². The summed E-state index contributed by atoms with van der Waals surface area (Å²) in [6.07, 6.45) is 2.21. The second kappa shape index (κ2) is 6.75. The van der Waals surface area contributed by atoms with Crippen LogP contribution >= 0.6 is 35.4 Å². The van der Waals surface area contributed by atoms with Gasteiger partial charge in [-0.05, 0) is 63.4 Å². The Bertz CT molecular complexity index is 459. The van der Waals surface area contributed by atoms with Crippen LogP contribution in [-0.2, 0) is 0 Å². The monoisotopic (exact) mass is 317 g/mol. The summed E-state index contributed by atoms with van der Waals surface area (Å²) in [5, 5.41) is 8.24. The van der Waals surface area contributed by atoms with E-state index in [1.165, 1.54) is 0 Å². The maximum atomic E-state index is 6.09. The highest BCUT2D eigenvalue weighted by Gasteiger charge is 2.17. The third-order valence-electron chi connectivity index (χ3n) is 3.23. The molecule has 1 aliphatic rings. The molecule has 1 saturated heterocycles. The zero-order valence-electron chi connectivity index (χ0n) is 10.7. The van der Waals surface area contributed by atoms with Gasteiger partial charge in [0.15, 0.2) is 5.11 Å². The minimum Gasteiger partial charge on any atom is -0.360 e. The van der Waals surface area contributed by atoms with Crippen molar-refractivity contribution in [2.45, 2.75) is 18.9 Å². The minimum atomic E-state index is 0.433. The summed E-state index contributed by atoms with van der Waals surface area (Å²) in [5.41, 5.74) is 0.775. The van der Waals surface area contributed by atoms with Crippen LogP contribution in [0.3, 0.4) is 0 Å². The Labute approximate surface area is 129 Å². The fourth-order valence-electron chi connectivity index (χ4n) is 2.09. The molecule has 2 rings (SSSR count). The summed E-state index contributed by atoms with van der Waals surface area (Å²) in [6, 6.07) is 5.74. The van der Waals surface area contributed by atoms with Gasteiger partial charge in [-0.3, -0.25) is 0 Å². The van der Waals surface area contributed by atoms with E-state index >= 15 is 0 Å². The second-order valence-corrected chi connectivity index (χ2v) is 6.05. The summed E-state index contributed by atoms with van der Waals surface area (Å²) in [6.45, 7) is 2.20. The number of piperidine rings is 1. The van der Waals surface area contributed by atoms with Gasteiger partial charge in [-0.1, -0.05) is 23.2 Å². The van der Waals surface area contributed by atoms with Gasteiger partial charge in [0, 0.05) is 11.1 Å². The Hall–Kier alpha value is -0.550. The van der Waals surface area contributed by atoms with Gasteiger partial charge in [0.25, 0.3) is 0 Å². The van der Waals surface area contributed by atoms with Crippen molar-refractivity contribution >= 4 is 46.2 Å². The molecule has 0 saturated carbocycles. The highest BCUT2D eigenvalue weighted by atomic mass is 35.5. The zero-order valence-corrected chi connectivity index (χ0v) is 13.1. The molecule has 19 heavy (non-hydrogen) atoms. The standard InChI is InChI=1S/C13H17Cl2N3S/c1-18-6-4-10(5-7-18)16-13(19)17-12-3-2-9(14)8-11(12)15/h2-3,8,10H,4-7H2,1H3,(H2,16,17,19). The minimum absolute atomic E-state index is 0.433. The molecule has 1 aromatic carbocycles. The van der Waals surface area contributed by atoms with Crippen molar-refractivity contribution in [1.82, 2.24) is 10.2 Å². The third kappa shape index (κ3) is 4.49. The van der Waals surface area contributed by atoms with Crippen molar-refractivity contribution in [2.24, 2.45) is 0 Å². The highest BCUT2D eigenvalue weighted by molar-refractivity contribution is 7.80. The van der Waals surface area contributed by atoms with Crippen molar-refractivity contribution in [3.05, 3.63) is 28.2 Å². The van der Waals surface area contributed by atoms with Gasteiger partial charge < -0.3 is 15.5 Å². The van der Waals surface area contributed by atoms with E-state index in [9.17, 15) is 0 Å². The second-order valence-electron chi connectivity index (χ2n) is 4.80. The first-order valence-corrected chi connectivity index (χ1v) is 7.42. The third-order valence-corrected chi connectivity index (χ3v) is 4.00. The predicted octanol–water partition coefficient (Wildman–Crippen LogP) is 3.37. The molecule has 6 heteroatoms. The molecule has 0 unspecified atom stereocenters. The maximum Gasteiger partial charge on any atom is 0.171 e. The lowest BCUT2D eigenvalue weighted by atomic mass is 10.1. The first-order chi connectivity index (χ1) is 9.04. The summed E-state index contributed by atoms with van der Waals surface area (Å²) < 4.78 is 0. The van der Waals surface area contributed by atoms with Gasteiger partial charge in [0.2, 0.25) is 0 Å². The maximum absolute atomic E-state index is 6.09. The summed E-state index contributed by atoms with van der Waals surface area (Å²) >= 11 is 17.3. The van der Waals surface area contributed by atoms with Crippen molar-refractivity contribution in [3.63, 3.8) is 0 Å². The zero-order chi connectivity index (χ0) is 13.8. The van der Waals surface area contributed by atoms with Crippen LogP contribution < -0.4 is 10.6 Å². The largest absolute Gasteiger partial charge is 0.360 e. The molecule has 2 N–H and O–H groups in total. The molecule has 0 amide bonds. The molecule has 0 atom stereocenters. The van der Waals surface area contributed by atoms with E-state index in [1.54, 1.807) is 12.1 Å². The number of hydrogen-bond acceptors (Lipinski definition) is 2. The smallest absolute Gasteiger partial charge is 0.171 e. The first kappa shape index (κ1) is 14.9. The number of halogens is 2. The Morgan fingerprint density at radius 1 is 1.32 bits per heavy atom. The normalized spacial score (nSPS) is 17.2. The van der Waals surface area contributed by atoms with E-state index in [2.05, 4.69) is 22.6 Å². The van der Waals surface area contributed by atoms with Crippen LogP contribution in [0.15, 0.2) is 18.2 Å². The van der Waals surface area contributed by atoms with Crippen LogP contribution in [0, 0.1) is 0 Å². The molecule has 3 nitrogen and oxygen atoms in total. The molecule has 0 aromatic heterocycles. The van der Waals surface area contributed by atoms with Crippen molar-refractivity contribution in [1.29, 1.82) is 0 Å². The average Bonchev–Trinajstić information content (AvgIpc) is 2.36. The van der Waals surface area contributed by atoms with Crippen LogP contribution in [0.2, 0.25) is 10.0 Å². The summed E-state index contributed by atoms with van der Waals surface area (Å²) in [4.78, 5) is 2.32. The molecular formula is C13H17Cl2N3S. The molecule has 0 aliphatic carbocycles. The van der Waals surface area contributed by atoms with Crippen LogP contribution in [0.4, 0.5) is 5.69 Å². The number of hydrogen-bond donors (Lipinski definition) is 2. The fourth-order valence-corrected chi connectivity index (χ4v) is 2.82. The van der Waals surface area contributed by atoms with E-state index in [4.69, 9.17) is 35.4 Å². The lowest BCUT2D eigenvalue weighted by Gasteiger charge is -2.30. The number of rotatable bonds is 2. The van der Waals surface area contributed by atoms with Crippen LogP contribution in [0.5, 0.6) is 0 Å². The Morgan fingerprint density at radius 2 is 2.00 bits per heavy atom. The summed E-state index contributed by atoms with van der Waals surface area (Å²) in [5.74, 6) is 0. The van der Waals surface area contributed by atoms with Gasteiger partial charge in [-0.15, -0.1) is 0 Å². The van der Waals surface area contributed by atoms with E-state index in [0.29, 0.717) is 21.2 Å². The van der Waals surface area contributed by atoms with Gasteiger partial charge in [-0.2, -0.15) is 0 Å². The SMILES string of the molecule is CN1CCC(NC(=S)Nc2ccc(Cl)cc2Cl)CC1. The van der Waals surface area contributed by atoms with Crippen LogP contribution in [0.1, 0.15) is 12.8 Å². The first-order valence-electron chi connectivity index (χ1n) is 6.25. The molecule has 1 aliphatic heterocycles. The quantitative estimate of drug-likeness (QED) is 0.818. The van der Waals surface area contributed by atoms with Gasteiger partial charge in [-0.25, -0.2) is 0 Å². The average molecular weight is 318 g/mol. The number of benzene rings is 1. The molecule has 1 fully saturated rings. The van der Waals surface area contributed by atoms with Crippen molar-refractivity contribution in [2.75, 3.05) is 25.5 Å². The number of likely N-dealkylation sites (tertiary alicyclic amines) is 1. The van der Waals surface area contributed by atoms with E-state index in [0.717, 1.165) is 31.6 Å². The summed E-state index contributed by atoms with van der Waals surface area (Å²) in [7, 11) is 2.14.